The number of hydrogen-bond acceptors (Lipinski definition) is 9. The summed E-state index contributed by atoms with van der Waals surface area (Å²) in [5.74, 6) is -6.84. The van der Waals surface area contributed by atoms with E-state index in [-0.39, 0.29) is 17.1 Å². The molecule has 0 bridgehead atoms. The van der Waals surface area contributed by atoms with Crippen LogP contribution in [0.1, 0.15) is 59.7 Å². The number of rotatable bonds is 8. The van der Waals surface area contributed by atoms with Crippen molar-refractivity contribution in [3.8, 4) is 0 Å². The van der Waals surface area contributed by atoms with Gasteiger partial charge in [-0.1, -0.05) is 25.9 Å². The number of nitrogens with zero attached hydrogens (tertiary/aromatic N) is 2. The molecule has 0 radical (unpaired) electrons. The number of sulfone groups is 2. The fourth-order valence-corrected chi connectivity index (χ4v) is 6.89. The summed E-state index contributed by atoms with van der Waals surface area (Å²) in [6.45, 7) is 9.76. The summed E-state index contributed by atoms with van der Waals surface area (Å²) in [6, 6.07) is 6.77. The maximum Gasteiger partial charge on any atom is 0.417 e. The third kappa shape index (κ3) is 9.21. The lowest BCUT2D eigenvalue weighted by Gasteiger charge is -2.24. The van der Waals surface area contributed by atoms with Crippen molar-refractivity contribution in [1.82, 2.24) is 10.1 Å². The lowest BCUT2D eigenvalue weighted by molar-refractivity contribution is -0.137. The van der Waals surface area contributed by atoms with Gasteiger partial charge in [0, 0.05) is 17.7 Å². The Hall–Kier alpha value is -4.85. The standard InChI is InChI=1S/C17H20F2N2O4S.C16H13F5N2O3S/c1-16(2,3)13-9-14(25-21-13)20-15(22)17(4,5)26(23,24)12-8-10(18)6-7-11(12)19;1-15(2,27(25,26)12-7-10(17)4-5-11(12)18)14(24)23-13-6-3-9(8-22-13)16(19,20)21/h6-9H,1-5H3,(H,20,22);3-8H,1-2H3,(H,22,23,24). The van der Waals surface area contributed by atoms with Crippen LogP contribution in [0.2, 0.25) is 0 Å². The quantitative estimate of drug-likeness (QED) is 0.179. The zero-order valence-corrected chi connectivity index (χ0v) is 30.6. The molecule has 2 amide bonds. The highest BCUT2D eigenvalue weighted by molar-refractivity contribution is 7.94. The Morgan fingerprint density at radius 3 is 1.49 bits per heavy atom. The number of aromatic nitrogens is 2. The van der Waals surface area contributed by atoms with Crippen molar-refractivity contribution in [2.24, 2.45) is 0 Å². The fourth-order valence-electron chi connectivity index (χ4n) is 4.01. The Labute approximate surface area is 299 Å². The molecule has 2 aromatic heterocycles. The zero-order valence-electron chi connectivity index (χ0n) is 29.0. The van der Waals surface area contributed by atoms with Gasteiger partial charge in [0.25, 0.3) is 0 Å². The minimum atomic E-state index is -4.68. The highest BCUT2D eigenvalue weighted by Crippen LogP contribution is 2.32. The molecular weight excluding hydrogens is 762 g/mol. The number of halogens is 7. The first-order valence-electron chi connectivity index (χ1n) is 15.1. The van der Waals surface area contributed by atoms with Crippen molar-refractivity contribution in [3.05, 3.63) is 95.3 Å². The Morgan fingerprint density at radius 1 is 0.660 bits per heavy atom. The molecule has 0 saturated heterocycles. The normalized spacial score (nSPS) is 12.8. The minimum Gasteiger partial charge on any atom is -0.338 e. The molecule has 20 heteroatoms. The predicted molar refractivity (Wildman–Crippen MR) is 177 cm³/mol. The summed E-state index contributed by atoms with van der Waals surface area (Å²) in [4.78, 5) is 26.4. The van der Waals surface area contributed by atoms with Crippen LogP contribution >= 0.6 is 0 Å². The average molecular weight is 795 g/mol. The fraction of sp³-hybridized carbons (Fsp3) is 0.333. The Bertz CT molecular complexity index is 2230. The number of carbonyl (C=O) groups excluding carboxylic acids is 2. The van der Waals surface area contributed by atoms with Gasteiger partial charge in [0.2, 0.25) is 17.7 Å². The molecule has 0 spiro atoms. The van der Waals surface area contributed by atoms with Gasteiger partial charge in [-0.2, -0.15) is 13.2 Å². The summed E-state index contributed by atoms with van der Waals surface area (Å²) in [5.41, 5.74) is -0.836. The molecule has 0 atom stereocenters. The molecule has 0 aliphatic carbocycles. The molecule has 2 heterocycles. The third-order valence-electron chi connectivity index (χ3n) is 7.65. The van der Waals surface area contributed by atoms with Crippen LogP contribution < -0.4 is 10.6 Å². The van der Waals surface area contributed by atoms with Crippen molar-refractivity contribution in [2.75, 3.05) is 10.6 Å². The summed E-state index contributed by atoms with van der Waals surface area (Å²) < 4.78 is 143. The number of nitrogens with one attached hydrogen (secondary N) is 2. The van der Waals surface area contributed by atoms with E-state index in [0.717, 1.165) is 39.8 Å². The second-order valence-electron chi connectivity index (χ2n) is 13.3. The Kier molecular flexibility index (Phi) is 11.9. The molecule has 2 aromatic carbocycles. The third-order valence-corrected chi connectivity index (χ3v) is 12.5. The van der Waals surface area contributed by atoms with Crippen LogP contribution in [-0.4, -0.2) is 48.3 Å². The number of amides is 2. The van der Waals surface area contributed by atoms with Crippen LogP contribution in [0.4, 0.5) is 42.4 Å². The first-order chi connectivity index (χ1) is 24.0. The van der Waals surface area contributed by atoms with Gasteiger partial charge in [-0.05, 0) is 76.2 Å². The summed E-state index contributed by atoms with van der Waals surface area (Å²) in [6.07, 6.45) is -4.17. The molecule has 2 N–H and O–H groups in total. The van der Waals surface area contributed by atoms with E-state index >= 15 is 0 Å². The maximum absolute atomic E-state index is 13.9. The molecule has 0 fully saturated rings. The van der Waals surface area contributed by atoms with Crippen molar-refractivity contribution in [3.63, 3.8) is 0 Å². The minimum absolute atomic E-state index is 0.0390. The lowest BCUT2D eigenvalue weighted by Crippen LogP contribution is -2.45. The summed E-state index contributed by atoms with van der Waals surface area (Å²) >= 11 is 0. The average Bonchev–Trinajstić information content (AvgIpc) is 3.52. The Balaban J connectivity index is 0.000000286. The number of anilines is 2. The van der Waals surface area contributed by atoms with Crippen molar-refractivity contribution in [2.45, 2.75) is 79.3 Å². The SMILES string of the molecule is CC(C)(C(=O)Nc1ccc(C(F)(F)F)cn1)S(=O)(=O)c1cc(F)ccc1F.CC(C)(C)c1cc(NC(=O)C(C)(C)S(=O)(=O)c2cc(F)ccc2F)on1. The van der Waals surface area contributed by atoms with E-state index in [4.69, 9.17) is 4.52 Å². The number of hydrogen-bond donors (Lipinski definition) is 2. The first-order valence-corrected chi connectivity index (χ1v) is 18.0. The van der Waals surface area contributed by atoms with Crippen LogP contribution in [0.5, 0.6) is 0 Å². The van der Waals surface area contributed by atoms with Crippen molar-refractivity contribution < 1.29 is 61.7 Å². The monoisotopic (exact) mass is 794 g/mol. The highest BCUT2D eigenvalue weighted by Gasteiger charge is 2.46. The topological polar surface area (TPSA) is 165 Å². The van der Waals surface area contributed by atoms with Gasteiger partial charge in [-0.25, -0.2) is 39.4 Å². The second-order valence-corrected chi connectivity index (χ2v) is 18.3. The van der Waals surface area contributed by atoms with Crippen LogP contribution in [0.15, 0.2) is 75.1 Å². The molecule has 0 saturated carbocycles. The molecule has 4 aromatic rings. The van der Waals surface area contributed by atoms with Crippen molar-refractivity contribution in [1.29, 1.82) is 0 Å². The number of pyridine rings is 1. The van der Waals surface area contributed by atoms with E-state index in [0.29, 0.717) is 48.3 Å². The van der Waals surface area contributed by atoms with Gasteiger partial charge < -0.3 is 9.84 Å². The zero-order chi connectivity index (χ0) is 40.5. The lowest BCUT2D eigenvalue weighted by atomic mass is 9.92. The van der Waals surface area contributed by atoms with E-state index in [1.54, 1.807) is 0 Å². The molecule has 0 aliphatic heterocycles. The molecule has 53 heavy (non-hydrogen) atoms. The van der Waals surface area contributed by atoms with E-state index in [2.05, 4.69) is 20.8 Å². The van der Waals surface area contributed by atoms with Crippen LogP contribution in [0, 0.1) is 23.3 Å². The Morgan fingerprint density at radius 2 is 1.11 bits per heavy atom. The summed E-state index contributed by atoms with van der Waals surface area (Å²) in [5, 5.41) is 8.20. The summed E-state index contributed by atoms with van der Waals surface area (Å²) in [7, 11) is -9.20. The van der Waals surface area contributed by atoms with E-state index in [9.17, 15) is 57.2 Å². The predicted octanol–water partition coefficient (Wildman–Crippen LogP) is 7.01. The van der Waals surface area contributed by atoms with E-state index in [1.807, 2.05) is 20.8 Å². The molecule has 288 valence electrons. The first kappa shape index (κ1) is 42.6. The van der Waals surface area contributed by atoms with Gasteiger partial charge in [0.05, 0.1) is 11.3 Å². The second kappa shape index (κ2) is 14.9. The molecule has 0 unspecified atom stereocenters. The van der Waals surface area contributed by atoms with E-state index < -0.39 is 85.8 Å². The number of alkyl halides is 3. The van der Waals surface area contributed by atoms with Crippen LogP contribution in [0.25, 0.3) is 0 Å². The number of benzene rings is 2. The van der Waals surface area contributed by atoms with Gasteiger partial charge >= 0.3 is 6.18 Å². The number of carbonyl (C=O) groups is 2. The van der Waals surface area contributed by atoms with Crippen LogP contribution in [0.3, 0.4) is 0 Å². The smallest absolute Gasteiger partial charge is 0.338 e. The van der Waals surface area contributed by atoms with E-state index in [1.165, 1.54) is 6.07 Å². The molecule has 4 rings (SSSR count). The van der Waals surface area contributed by atoms with Crippen molar-refractivity contribution >= 4 is 43.2 Å². The van der Waals surface area contributed by atoms with Gasteiger partial charge in [0.1, 0.15) is 48.4 Å². The largest absolute Gasteiger partial charge is 0.417 e. The molecular formula is C33H33F7N4O7S2. The van der Waals surface area contributed by atoms with Crippen LogP contribution in [-0.2, 0) is 40.9 Å². The van der Waals surface area contributed by atoms with Gasteiger partial charge in [-0.3, -0.25) is 14.9 Å². The highest BCUT2D eigenvalue weighted by atomic mass is 32.2. The molecule has 0 aliphatic rings. The molecule has 11 nitrogen and oxygen atoms in total. The van der Waals surface area contributed by atoms with Gasteiger partial charge in [0.15, 0.2) is 19.7 Å². The maximum atomic E-state index is 13.9. The van der Waals surface area contributed by atoms with Gasteiger partial charge in [-0.15, -0.1) is 0 Å².